The quantitative estimate of drug-likeness (QED) is 0.126. The van der Waals surface area contributed by atoms with Crippen molar-refractivity contribution < 1.29 is 9.59 Å². The van der Waals surface area contributed by atoms with Gasteiger partial charge in [-0.25, -0.2) is 9.74 Å². The molecule has 0 bridgehead atoms. The van der Waals surface area contributed by atoms with Crippen LogP contribution in [0.1, 0.15) is 26.3 Å². The van der Waals surface area contributed by atoms with Crippen molar-refractivity contribution in [3.05, 3.63) is 210 Å². The van der Waals surface area contributed by atoms with Gasteiger partial charge in [0.1, 0.15) is 0 Å². The summed E-state index contributed by atoms with van der Waals surface area (Å²) in [5.41, 5.74) is 11.4. The molecule has 0 fully saturated rings. The summed E-state index contributed by atoms with van der Waals surface area (Å²) in [6.07, 6.45) is 0. The van der Waals surface area contributed by atoms with Gasteiger partial charge in [-0.1, -0.05) is 140 Å². The van der Waals surface area contributed by atoms with E-state index < -0.39 is 11.8 Å². The van der Waals surface area contributed by atoms with E-state index in [1.54, 1.807) is 18.2 Å². The standard InChI is InChI=1S/C52H30N4O2/c1-54-40-19-9-18-37(29-40)39-25-27-44-43-26-24-38(36-17-8-12-33(28-36)32-53)30-47(43)55(48(44)31-39)46-23-11-22-45-49(46)52(58)56(51(45)57)50-41(34-13-4-2-5-14-34)20-10-21-42(50)35-15-6-3-7-16-35/h2-31H. The molecule has 0 saturated heterocycles. The number of fused-ring (bicyclic) bond motifs is 4. The van der Waals surface area contributed by atoms with E-state index in [9.17, 15) is 10.1 Å². The number of carbonyl (C=O) groups is 2. The lowest BCUT2D eigenvalue weighted by Gasteiger charge is -2.23. The van der Waals surface area contributed by atoms with Gasteiger partial charge in [0.25, 0.3) is 11.8 Å². The Morgan fingerprint density at radius 2 is 1.00 bits per heavy atom. The lowest BCUT2D eigenvalue weighted by molar-refractivity contribution is 0.0926. The summed E-state index contributed by atoms with van der Waals surface area (Å²) in [4.78, 5) is 35.2. The third kappa shape index (κ3) is 5.48. The van der Waals surface area contributed by atoms with E-state index in [1.165, 1.54) is 4.90 Å². The highest BCUT2D eigenvalue weighted by Gasteiger charge is 2.41. The van der Waals surface area contributed by atoms with E-state index in [-0.39, 0.29) is 0 Å². The highest BCUT2D eigenvalue weighted by Crippen LogP contribution is 2.45. The lowest BCUT2D eigenvalue weighted by Crippen LogP contribution is -2.30. The zero-order valence-electron chi connectivity index (χ0n) is 30.9. The van der Waals surface area contributed by atoms with E-state index in [4.69, 9.17) is 6.57 Å². The fraction of sp³-hybridized carbons (Fsp3) is 0. The molecule has 6 heteroatoms. The van der Waals surface area contributed by atoms with Crippen LogP contribution in [0.3, 0.4) is 0 Å². The maximum absolute atomic E-state index is 15.3. The van der Waals surface area contributed by atoms with Crippen LogP contribution >= 0.6 is 0 Å². The van der Waals surface area contributed by atoms with E-state index >= 15 is 4.79 Å². The normalized spacial score (nSPS) is 12.1. The van der Waals surface area contributed by atoms with Crippen LogP contribution in [0.15, 0.2) is 182 Å². The molecule has 0 atom stereocenters. The number of aromatic nitrogens is 1. The topological polar surface area (TPSA) is 70.5 Å². The van der Waals surface area contributed by atoms with Crippen molar-refractivity contribution in [1.82, 2.24) is 4.57 Å². The zero-order chi connectivity index (χ0) is 39.3. The number of rotatable bonds is 6. The predicted molar refractivity (Wildman–Crippen MR) is 231 cm³/mol. The first-order valence-corrected chi connectivity index (χ1v) is 18.8. The number of anilines is 1. The Hall–Kier alpha value is -8.32. The maximum Gasteiger partial charge on any atom is 0.268 e. The van der Waals surface area contributed by atoms with Crippen LogP contribution in [-0.4, -0.2) is 16.4 Å². The van der Waals surface area contributed by atoms with Gasteiger partial charge in [0.2, 0.25) is 0 Å². The second kappa shape index (κ2) is 13.8. The van der Waals surface area contributed by atoms with Crippen LogP contribution in [0, 0.1) is 17.9 Å². The minimum Gasteiger partial charge on any atom is -0.308 e. The minimum atomic E-state index is -0.412. The Balaban J connectivity index is 1.23. The van der Waals surface area contributed by atoms with Gasteiger partial charge >= 0.3 is 0 Å². The number of hydrogen-bond donors (Lipinski definition) is 0. The summed E-state index contributed by atoms with van der Waals surface area (Å²) in [7, 11) is 0. The molecule has 0 spiro atoms. The number of nitriles is 1. The molecule has 0 aliphatic carbocycles. The number of hydrogen-bond acceptors (Lipinski definition) is 3. The second-order valence-electron chi connectivity index (χ2n) is 14.2. The SMILES string of the molecule is [C-]#[N+]c1cccc(-c2ccc3c4ccc(-c5cccc(C#N)c5)cc4n(-c4cccc5c4C(=O)N(c4c(-c6ccccc6)cccc4-c4ccccc4)C5=O)c3c2)c1. The summed E-state index contributed by atoms with van der Waals surface area (Å²) in [5.74, 6) is -0.807. The van der Waals surface area contributed by atoms with Gasteiger partial charge in [-0.15, -0.1) is 0 Å². The molecule has 1 aliphatic heterocycles. The number of benzene rings is 8. The number of imide groups is 1. The van der Waals surface area contributed by atoms with Crippen molar-refractivity contribution in [1.29, 1.82) is 5.26 Å². The molecule has 0 saturated carbocycles. The number of amides is 2. The monoisotopic (exact) mass is 742 g/mol. The molecule has 0 unspecified atom stereocenters. The molecule has 270 valence electrons. The highest BCUT2D eigenvalue weighted by atomic mass is 16.2. The maximum atomic E-state index is 15.3. The fourth-order valence-corrected chi connectivity index (χ4v) is 8.30. The summed E-state index contributed by atoms with van der Waals surface area (Å²) >= 11 is 0. The van der Waals surface area contributed by atoms with E-state index in [0.29, 0.717) is 33.8 Å². The van der Waals surface area contributed by atoms with Gasteiger partial charge in [-0.05, 0) is 75.8 Å². The Bertz CT molecular complexity index is 3070. The van der Waals surface area contributed by atoms with Crippen molar-refractivity contribution in [2.24, 2.45) is 0 Å². The van der Waals surface area contributed by atoms with Crippen LogP contribution in [0.25, 0.3) is 76.8 Å². The highest BCUT2D eigenvalue weighted by molar-refractivity contribution is 6.37. The third-order valence-electron chi connectivity index (χ3n) is 11.0. The molecule has 0 N–H and O–H groups in total. The van der Waals surface area contributed by atoms with E-state index in [2.05, 4.69) is 45.8 Å². The minimum absolute atomic E-state index is 0.311. The first-order valence-electron chi connectivity index (χ1n) is 18.8. The lowest BCUT2D eigenvalue weighted by atomic mass is 9.95. The molecule has 0 radical (unpaired) electrons. The summed E-state index contributed by atoms with van der Waals surface area (Å²) in [5, 5.41) is 11.6. The van der Waals surface area contributed by atoms with Crippen LogP contribution in [-0.2, 0) is 0 Å². The van der Waals surface area contributed by atoms with Crippen molar-refractivity contribution in [2.45, 2.75) is 0 Å². The van der Waals surface area contributed by atoms with E-state index in [0.717, 1.165) is 66.3 Å². The molecule has 2 amide bonds. The average molecular weight is 743 g/mol. The van der Waals surface area contributed by atoms with Crippen molar-refractivity contribution >= 4 is 45.0 Å². The molecule has 9 aromatic rings. The Morgan fingerprint density at radius 3 is 1.60 bits per heavy atom. The summed E-state index contributed by atoms with van der Waals surface area (Å²) in [6, 6.07) is 60.7. The molecule has 6 nitrogen and oxygen atoms in total. The Kier molecular flexibility index (Phi) is 8.11. The van der Waals surface area contributed by atoms with Gasteiger partial charge in [-0.3, -0.25) is 9.59 Å². The van der Waals surface area contributed by atoms with Crippen LogP contribution < -0.4 is 4.90 Å². The molecular formula is C52H30N4O2. The molecule has 1 aliphatic rings. The number of nitrogens with zero attached hydrogens (tertiary/aromatic N) is 4. The molecule has 2 heterocycles. The van der Waals surface area contributed by atoms with Gasteiger partial charge < -0.3 is 4.57 Å². The summed E-state index contributed by atoms with van der Waals surface area (Å²) in [6.45, 7) is 7.62. The van der Waals surface area contributed by atoms with Gasteiger partial charge in [-0.2, -0.15) is 5.26 Å². The second-order valence-corrected chi connectivity index (χ2v) is 14.2. The van der Waals surface area contributed by atoms with Crippen LogP contribution in [0.4, 0.5) is 11.4 Å². The first kappa shape index (κ1) is 34.2. The third-order valence-corrected chi connectivity index (χ3v) is 11.0. The fourth-order valence-electron chi connectivity index (χ4n) is 8.30. The molecule has 10 rings (SSSR count). The predicted octanol–water partition coefficient (Wildman–Crippen LogP) is 12.7. The van der Waals surface area contributed by atoms with E-state index in [1.807, 2.05) is 133 Å². The first-order chi connectivity index (χ1) is 28.5. The molecule has 8 aromatic carbocycles. The van der Waals surface area contributed by atoms with Crippen LogP contribution in [0.5, 0.6) is 0 Å². The van der Waals surface area contributed by atoms with Gasteiger partial charge in [0.05, 0.1) is 51.7 Å². The van der Waals surface area contributed by atoms with Gasteiger partial charge in [0, 0.05) is 21.9 Å². The molecular weight excluding hydrogens is 713 g/mol. The number of para-hydroxylation sites is 1. The van der Waals surface area contributed by atoms with Crippen molar-refractivity contribution in [3.63, 3.8) is 0 Å². The Labute approximate surface area is 334 Å². The zero-order valence-corrected chi connectivity index (χ0v) is 30.9. The summed E-state index contributed by atoms with van der Waals surface area (Å²) < 4.78 is 2.08. The largest absolute Gasteiger partial charge is 0.308 e. The smallest absolute Gasteiger partial charge is 0.268 e. The number of carbonyl (C=O) groups excluding carboxylic acids is 2. The van der Waals surface area contributed by atoms with Gasteiger partial charge in [0.15, 0.2) is 5.69 Å². The van der Waals surface area contributed by atoms with Crippen LogP contribution in [0.2, 0.25) is 0 Å². The molecule has 58 heavy (non-hydrogen) atoms. The van der Waals surface area contributed by atoms with Crippen molar-refractivity contribution in [2.75, 3.05) is 4.90 Å². The van der Waals surface area contributed by atoms with Crippen molar-refractivity contribution in [3.8, 4) is 56.3 Å². The average Bonchev–Trinajstić information content (AvgIpc) is 3.75. The Morgan fingerprint density at radius 1 is 0.483 bits per heavy atom. The molecule has 1 aromatic heterocycles.